The molecule has 1 aromatic rings. The van der Waals surface area contributed by atoms with Crippen molar-refractivity contribution in [3.8, 4) is 0 Å². The van der Waals surface area contributed by atoms with E-state index in [2.05, 4.69) is 15.9 Å². The third-order valence-corrected chi connectivity index (χ3v) is 3.13. The fourth-order valence-corrected chi connectivity index (χ4v) is 2.23. The minimum atomic E-state index is -0.709. The Balaban J connectivity index is 1.95. The molecule has 1 saturated heterocycles. The molecule has 1 fully saturated rings. The Morgan fingerprint density at radius 2 is 2.24 bits per heavy atom. The van der Waals surface area contributed by atoms with Gasteiger partial charge in [-0.3, -0.25) is 4.79 Å². The van der Waals surface area contributed by atoms with Crippen molar-refractivity contribution in [1.82, 2.24) is 4.90 Å². The van der Waals surface area contributed by atoms with E-state index >= 15 is 0 Å². The summed E-state index contributed by atoms with van der Waals surface area (Å²) in [5.41, 5.74) is 0.263. The van der Waals surface area contributed by atoms with Gasteiger partial charge in [0.05, 0.1) is 18.7 Å². The van der Waals surface area contributed by atoms with E-state index in [1.165, 1.54) is 6.08 Å². The van der Waals surface area contributed by atoms with Crippen LogP contribution in [0.4, 0.5) is 0 Å². The van der Waals surface area contributed by atoms with Gasteiger partial charge in [-0.1, -0.05) is 28.1 Å². The summed E-state index contributed by atoms with van der Waals surface area (Å²) in [7, 11) is 0. The number of carbonyl (C=O) groups excluding carboxylic acids is 1. The summed E-state index contributed by atoms with van der Waals surface area (Å²) >= 11 is 3.38. The second kappa shape index (κ2) is 4.63. The van der Waals surface area contributed by atoms with E-state index in [1.54, 1.807) is 17.9 Å². The lowest BCUT2D eigenvalue weighted by molar-refractivity contribution is -0.146. The molecule has 17 heavy (non-hydrogen) atoms. The summed E-state index contributed by atoms with van der Waals surface area (Å²) in [6, 6.07) is 7.73. The molecule has 0 atom stereocenters. The average Bonchev–Trinajstić information content (AvgIpc) is 2.22. The predicted molar refractivity (Wildman–Crippen MR) is 70.4 cm³/mol. The zero-order valence-electron chi connectivity index (χ0n) is 9.56. The second-order valence-corrected chi connectivity index (χ2v) is 5.50. The highest BCUT2D eigenvalue weighted by Crippen LogP contribution is 2.20. The molecule has 0 unspecified atom stereocenters. The Kier molecular flexibility index (Phi) is 3.35. The van der Waals surface area contributed by atoms with E-state index in [4.69, 9.17) is 0 Å². The molecule has 2 rings (SSSR count). The first-order valence-electron chi connectivity index (χ1n) is 5.41. The van der Waals surface area contributed by atoms with Crippen LogP contribution in [0.5, 0.6) is 0 Å². The van der Waals surface area contributed by atoms with E-state index in [-0.39, 0.29) is 5.91 Å². The molecule has 1 aromatic carbocycles. The van der Waals surface area contributed by atoms with E-state index in [1.807, 2.05) is 24.3 Å². The monoisotopic (exact) mass is 295 g/mol. The van der Waals surface area contributed by atoms with Gasteiger partial charge in [0, 0.05) is 10.5 Å². The molecule has 0 radical (unpaired) electrons. The van der Waals surface area contributed by atoms with Gasteiger partial charge >= 0.3 is 0 Å². The largest absolute Gasteiger partial charge is 0.386 e. The number of aliphatic hydroxyl groups is 1. The normalized spacial score (nSPS) is 18.2. The van der Waals surface area contributed by atoms with Crippen LogP contribution < -0.4 is 0 Å². The quantitative estimate of drug-likeness (QED) is 0.849. The molecule has 0 spiro atoms. The Morgan fingerprint density at radius 3 is 2.82 bits per heavy atom. The molecule has 4 heteroatoms. The van der Waals surface area contributed by atoms with Crippen LogP contribution in [0.3, 0.4) is 0 Å². The van der Waals surface area contributed by atoms with Gasteiger partial charge in [-0.2, -0.15) is 0 Å². The Morgan fingerprint density at radius 1 is 1.53 bits per heavy atom. The Labute approximate surface area is 109 Å². The number of hydrogen-bond acceptors (Lipinski definition) is 2. The molecule has 0 aliphatic carbocycles. The van der Waals surface area contributed by atoms with Crippen molar-refractivity contribution in [3.05, 3.63) is 40.4 Å². The average molecular weight is 296 g/mol. The molecule has 3 nitrogen and oxygen atoms in total. The summed E-state index contributed by atoms with van der Waals surface area (Å²) in [5, 5.41) is 9.53. The summed E-state index contributed by atoms with van der Waals surface area (Å²) in [4.78, 5) is 13.3. The van der Waals surface area contributed by atoms with Crippen LogP contribution in [0.1, 0.15) is 12.5 Å². The van der Waals surface area contributed by atoms with Gasteiger partial charge in [-0.15, -0.1) is 0 Å². The summed E-state index contributed by atoms with van der Waals surface area (Å²) in [6.07, 6.45) is 3.32. The number of likely N-dealkylation sites (tertiary alicyclic amines) is 1. The van der Waals surface area contributed by atoms with Crippen LogP contribution in [-0.4, -0.2) is 34.6 Å². The van der Waals surface area contributed by atoms with Crippen LogP contribution in [0.15, 0.2) is 34.8 Å². The maximum Gasteiger partial charge on any atom is 0.246 e. The minimum Gasteiger partial charge on any atom is -0.386 e. The van der Waals surface area contributed by atoms with Crippen molar-refractivity contribution < 1.29 is 9.90 Å². The number of nitrogens with zero attached hydrogens (tertiary/aromatic N) is 1. The van der Waals surface area contributed by atoms with Gasteiger partial charge in [0.15, 0.2) is 0 Å². The second-order valence-electron chi connectivity index (χ2n) is 4.58. The fourth-order valence-electron chi connectivity index (χ4n) is 1.82. The van der Waals surface area contributed by atoms with Gasteiger partial charge in [0.1, 0.15) is 0 Å². The SMILES string of the molecule is CC1(O)CN(C(=O)C=Cc2cccc(Br)c2)C1. The molecule has 1 amide bonds. The fraction of sp³-hybridized carbons (Fsp3) is 0.308. The highest BCUT2D eigenvalue weighted by Gasteiger charge is 2.38. The molecule has 1 heterocycles. The number of halogens is 1. The van der Waals surface area contributed by atoms with Gasteiger partial charge < -0.3 is 10.0 Å². The molecule has 0 bridgehead atoms. The van der Waals surface area contributed by atoms with Gasteiger partial charge in [0.25, 0.3) is 0 Å². The first kappa shape index (κ1) is 12.3. The number of carbonyl (C=O) groups is 1. The summed E-state index contributed by atoms with van der Waals surface area (Å²) in [6.45, 7) is 2.55. The third-order valence-electron chi connectivity index (χ3n) is 2.64. The maximum absolute atomic E-state index is 11.7. The number of β-amino-alcohol motifs (C(OH)–C–C–N with tert-alkyl or cyclic N) is 1. The van der Waals surface area contributed by atoms with Crippen LogP contribution >= 0.6 is 15.9 Å². The van der Waals surface area contributed by atoms with Crippen LogP contribution in [0.2, 0.25) is 0 Å². The van der Waals surface area contributed by atoms with Crippen molar-refractivity contribution in [2.75, 3.05) is 13.1 Å². The van der Waals surface area contributed by atoms with Crippen LogP contribution in [0, 0.1) is 0 Å². The van der Waals surface area contributed by atoms with E-state index in [0.717, 1.165) is 10.0 Å². The topological polar surface area (TPSA) is 40.5 Å². The van der Waals surface area contributed by atoms with Crippen molar-refractivity contribution in [2.45, 2.75) is 12.5 Å². The predicted octanol–water partition coefficient (Wildman–Crippen LogP) is 2.06. The van der Waals surface area contributed by atoms with E-state index < -0.39 is 5.60 Å². The molecule has 1 N–H and O–H groups in total. The highest BCUT2D eigenvalue weighted by molar-refractivity contribution is 9.10. The zero-order chi connectivity index (χ0) is 12.5. The Bertz CT molecular complexity index is 460. The molecular weight excluding hydrogens is 282 g/mol. The van der Waals surface area contributed by atoms with Crippen molar-refractivity contribution in [1.29, 1.82) is 0 Å². The number of benzene rings is 1. The molecule has 1 aliphatic rings. The molecule has 0 aromatic heterocycles. The molecule has 1 aliphatic heterocycles. The smallest absolute Gasteiger partial charge is 0.246 e. The molecule has 90 valence electrons. The summed E-state index contributed by atoms with van der Waals surface area (Å²) in [5.74, 6) is -0.0588. The number of amides is 1. The lowest BCUT2D eigenvalue weighted by atomic mass is 9.97. The van der Waals surface area contributed by atoms with Crippen molar-refractivity contribution in [3.63, 3.8) is 0 Å². The third kappa shape index (κ3) is 3.17. The lowest BCUT2D eigenvalue weighted by Gasteiger charge is -2.43. The summed E-state index contributed by atoms with van der Waals surface area (Å²) < 4.78 is 0.985. The lowest BCUT2D eigenvalue weighted by Crippen LogP contribution is -2.61. The molecule has 0 saturated carbocycles. The van der Waals surface area contributed by atoms with Crippen molar-refractivity contribution in [2.24, 2.45) is 0 Å². The standard InChI is InChI=1S/C13H14BrNO2/c1-13(17)8-15(9-13)12(16)6-5-10-3-2-4-11(14)7-10/h2-7,17H,8-9H2,1H3. The van der Waals surface area contributed by atoms with Gasteiger partial charge in [-0.25, -0.2) is 0 Å². The van der Waals surface area contributed by atoms with Crippen LogP contribution in [-0.2, 0) is 4.79 Å². The number of rotatable bonds is 2. The first-order valence-corrected chi connectivity index (χ1v) is 6.20. The van der Waals surface area contributed by atoms with Gasteiger partial charge in [-0.05, 0) is 30.7 Å². The van der Waals surface area contributed by atoms with E-state index in [0.29, 0.717) is 13.1 Å². The number of hydrogen-bond donors (Lipinski definition) is 1. The maximum atomic E-state index is 11.7. The Hall–Kier alpha value is -1.13. The highest BCUT2D eigenvalue weighted by atomic mass is 79.9. The van der Waals surface area contributed by atoms with Crippen LogP contribution in [0.25, 0.3) is 6.08 Å². The van der Waals surface area contributed by atoms with E-state index in [9.17, 15) is 9.90 Å². The molecular formula is C13H14BrNO2. The van der Waals surface area contributed by atoms with Crippen molar-refractivity contribution >= 4 is 27.9 Å². The minimum absolute atomic E-state index is 0.0588. The zero-order valence-corrected chi connectivity index (χ0v) is 11.1. The first-order chi connectivity index (χ1) is 7.96. The van der Waals surface area contributed by atoms with Gasteiger partial charge in [0.2, 0.25) is 5.91 Å².